The van der Waals surface area contributed by atoms with Crippen molar-refractivity contribution in [3.8, 4) is 0 Å². The van der Waals surface area contributed by atoms with Crippen LogP contribution in [0, 0.1) is 5.92 Å². The molecule has 3 atom stereocenters. The van der Waals surface area contributed by atoms with E-state index >= 15 is 0 Å². The third-order valence-electron chi connectivity index (χ3n) is 2.22. The Balaban J connectivity index is 1.94. The Morgan fingerprint density at radius 3 is 3.09 bits per heavy atom. The maximum absolute atomic E-state index is 11.0. The molecule has 1 saturated carbocycles. The van der Waals surface area contributed by atoms with Crippen molar-refractivity contribution in [2.75, 3.05) is 20.3 Å². The molecule has 0 aromatic rings. The Morgan fingerprint density at radius 1 is 1.73 bits per heavy atom. The van der Waals surface area contributed by atoms with Gasteiger partial charge < -0.3 is 14.8 Å². The summed E-state index contributed by atoms with van der Waals surface area (Å²) in [5.74, 6) is -0.211. The predicted octanol–water partition coefficient (Wildman–Crippen LogP) is -0.854. The summed E-state index contributed by atoms with van der Waals surface area (Å²) in [5.41, 5.74) is 0. The third kappa shape index (κ3) is 1.02. The smallest absolute Gasteiger partial charge is 0.313 e. The second-order valence-corrected chi connectivity index (χ2v) is 2.86. The molecule has 62 valence electrons. The van der Waals surface area contributed by atoms with Crippen LogP contribution in [-0.2, 0) is 14.3 Å². The number of hydrogen-bond donors (Lipinski definition) is 1. The van der Waals surface area contributed by atoms with Crippen molar-refractivity contribution < 1.29 is 14.3 Å². The van der Waals surface area contributed by atoms with Crippen molar-refractivity contribution in [2.24, 2.45) is 5.92 Å². The van der Waals surface area contributed by atoms with E-state index in [1.807, 2.05) is 0 Å². The van der Waals surface area contributed by atoms with E-state index in [0.717, 1.165) is 6.54 Å². The van der Waals surface area contributed by atoms with Crippen molar-refractivity contribution in [2.45, 2.75) is 12.1 Å². The number of rotatable bonds is 1. The number of carbonyl (C=O) groups is 1. The van der Waals surface area contributed by atoms with Crippen LogP contribution in [0.5, 0.6) is 0 Å². The molecule has 0 radical (unpaired) electrons. The van der Waals surface area contributed by atoms with Gasteiger partial charge in [0.15, 0.2) is 0 Å². The molecule has 1 N–H and O–H groups in total. The van der Waals surface area contributed by atoms with E-state index in [4.69, 9.17) is 4.74 Å². The molecule has 0 aromatic heterocycles. The van der Waals surface area contributed by atoms with Crippen LogP contribution in [0.2, 0.25) is 0 Å². The van der Waals surface area contributed by atoms with E-state index in [2.05, 4.69) is 10.1 Å². The molecular formula is C7H11NO3. The van der Waals surface area contributed by atoms with E-state index in [1.54, 1.807) is 0 Å². The monoisotopic (exact) mass is 157 g/mol. The van der Waals surface area contributed by atoms with Gasteiger partial charge in [0, 0.05) is 6.54 Å². The van der Waals surface area contributed by atoms with Crippen LogP contribution in [0.25, 0.3) is 0 Å². The molecule has 2 rings (SSSR count). The molecule has 0 amide bonds. The first kappa shape index (κ1) is 7.06. The molecule has 11 heavy (non-hydrogen) atoms. The minimum atomic E-state index is -0.158. The van der Waals surface area contributed by atoms with E-state index in [1.165, 1.54) is 7.11 Å². The Morgan fingerprint density at radius 2 is 2.55 bits per heavy atom. The number of methoxy groups -OCH3 is 1. The lowest BCUT2D eigenvalue weighted by molar-refractivity contribution is -0.143. The Labute approximate surface area is 64.9 Å². The van der Waals surface area contributed by atoms with E-state index in [9.17, 15) is 4.79 Å². The van der Waals surface area contributed by atoms with Crippen LogP contribution in [-0.4, -0.2) is 38.4 Å². The van der Waals surface area contributed by atoms with Gasteiger partial charge in [0.05, 0.1) is 25.9 Å². The predicted molar refractivity (Wildman–Crippen MR) is 37.0 cm³/mol. The molecule has 0 spiro atoms. The van der Waals surface area contributed by atoms with E-state index in [-0.39, 0.29) is 24.0 Å². The van der Waals surface area contributed by atoms with Gasteiger partial charge in [0.25, 0.3) is 0 Å². The lowest BCUT2D eigenvalue weighted by Gasteiger charge is -2.09. The quantitative estimate of drug-likeness (QED) is 0.503. The highest BCUT2D eigenvalue weighted by atomic mass is 16.5. The van der Waals surface area contributed by atoms with Crippen LogP contribution < -0.4 is 5.32 Å². The minimum Gasteiger partial charge on any atom is -0.469 e. The molecule has 2 fully saturated rings. The number of carbonyl (C=O) groups excluding carboxylic acids is 1. The number of fused-ring (bicyclic) bond motifs is 1. The fourth-order valence-corrected chi connectivity index (χ4v) is 1.57. The van der Waals surface area contributed by atoms with E-state index < -0.39 is 0 Å². The van der Waals surface area contributed by atoms with Crippen molar-refractivity contribution >= 4 is 5.97 Å². The van der Waals surface area contributed by atoms with Crippen LogP contribution in [0.1, 0.15) is 0 Å². The summed E-state index contributed by atoms with van der Waals surface area (Å²) in [4.78, 5) is 11.0. The summed E-state index contributed by atoms with van der Waals surface area (Å²) in [5, 5.41) is 3.20. The molecule has 2 aliphatic rings. The first-order chi connectivity index (χ1) is 5.34. The zero-order valence-corrected chi connectivity index (χ0v) is 6.37. The number of hydrogen-bond acceptors (Lipinski definition) is 4. The van der Waals surface area contributed by atoms with Crippen molar-refractivity contribution in [1.82, 2.24) is 5.32 Å². The molecular weight excluding hydrogens is 146 g/mol. The topological polar surface area (TPSA) is 47.6 Å². The fraction of sp³-hybridized carbons (Fsp3) is 0.857. The Kier molecular flexibility index (Phi) is 1.58. The van der Waals surface area contributed by atoms with Gasteiger partial charge in [0.1, 0.15) is 5.92 Å². The van der Waals surface area contributed by atoms with Crippen LogP contribution >= 0.6 is 0 Å². The molecule has 1 saturated heterocycles. The minimum absolute atomic E-state index is 0.0532. The molecule has 0 aromatic carbocycles. The fourth-order valence-electron chi connectivity index (χ4n) is 1.57. The van der Waals surface area contributed by atoms with Gasteiger partial charge >= 0.3 is 5.97 Å². The van der Waals surface area contributed by atoms with Crippen molar-refractivity contribution in [3.05, 3.63) is 0 Å². The molecule has 1 aliphatic carbocycles. The maximum atomic E-state index is 11.0. The van der Waals surface area contributed by atoms with Crippen LogP contribution in [0.4, 0.5) is 0 Å². The van der Waals surface area contributed by atoms with Gasteiger partial charge in [-0.15, -0.1) is 0 Å². The largest absolute Gasteiger partial charge is 0.469 e. The van der Waals surface area contributed by atoms with Crippen molar-refractivity contribution in [1.29, 1.82) is 0 Å². The molecule has 4 heteroatoms. The second-order valence-electron chi connectivity index (χ2n) is 2.86. The number of morpholine rings is 1. The first-order valence-electron chi connectivity index (χ1n) is 3.77. The second kappa shape index (κ2) is 2.46. The molecule has 4 nitrogen and oxygen atoms in total. The molecule has 3 unspecified atom stereocenters. The van der Waals surface area contributed by atoms with Gasteiger partial charge in [-0.05, 0) is 0 Å². The highest BCUT2D eigenvalue weighted by molar-refractivity contribution is 5.78. The molecule has 0 bridgehead atoms. The highest BCUT2D eigenvalue weighted by Gasteiger charge is 2.58. The lowest BCUT2D eigenvalue weighted by Crippen LogP contribution is -2.30. The lowest BCUT2D eigenvalue weighted by atomic mass is 10.4. The highest BCUT2D eigenvalue weighted by Crippen LogP contribution is 2.37. The summed E-state index contributed by atoms with van der Waals surface area (Å²) in [6.45, 7) is 1.54. The van der Waals surface area contributed by atoms with Gasteiger partial charge in [-0.3, -0.25) is 4.79 Å². The zero-order valence-electron chi connectivity index (χ0n) is 6.37. The number of esters is 1. The average molecular weight is 157 g/mol. The first-order valence-corrected chi connectivity index (χ1v) is 3.77. The van der Waals surface area contributed by atoms with Crippen molar-refractivity contribution in [3.63, 3.8) is 0 Å². The van der Waals surface area contributed by atoms with Crippen LogP contribution in [0.15, 0.2) is 0 Å². The SMILES string of the molecule is COC(=O)C1C2NCCOC21. The van der Waals surface area contributed by atoms with E-state index in [0.29, 0.717) is 6.61 Å². The van der Waals surface area contributed by atoms with Crippen LogP contribution in [0.3, 0.4) is 0 Å². The third-order valence-corrected chi connectivity index (χ3v) is 2.22. The number of ether oxygens (including phenoxy) is 2. The summed E-state index contributed by atoms with van der Waals surface area (Å²) in [6.07, 6.45) is 0.0798. The normalized spacial score (nSPS) is 41.0. The van der Waals surface area contributed by atoms with Gasteiger partial charge in [0.2, 0.25) is 0 Å². The summed E-state index contributed by atoms with van der Waals surface area (Å²) < 4.78 is 9.93. The van der Waals surface area contributed by atoms with Gasteiger partial charge in [-0.1, -0.05) is 0 Å². The number of nitrogens with one attached hydrogen (secondary N) is 1. The summed E-state index contributed by atoms with van der Waals surface area (Å²) in [6, 6.07) is 0.219. The zero-order chi connectivity index (χ0) is 7.84. The molecule has 1 heterocycles. The van der Waals surface area contributed by atoms with Gasteiger partial charge in [-0.2, -0.15) is 0 Å². The standard InChI is InChI=1S/C7H11NO3/c1-10-7(9)4-5-6(4)11-3-2-8-5/h4-6,8H,2-3H2,1H3. The Bertz CT molecular complexity index is 171. The summed E-state index contributed by atoms with van der Waals surface area (Å²) >= 11 is 0. The molecule has 1 aliphatic heterocycles. The maximum Gasteiger partial charge on any atom is 0.313 e. The van der Waals surface area contributed by atoms with Gasteiger partial charge in [-0.25, -0.2) is 0 Å². The average Bonchev–Trinajstić information content (AvgIpc) is 2.77. The Hall–Kier alpha value is -0.610. The summed E-state index contributed by atoms with van der Waals surface area (Å²) in [7, 11) is 1.41.